The van der Waals surface area contributed by atoms with E-state index in [4.69, 9.17) is 11.1 Å². The van der Waals surface area contributed by atoms with E-state index in [1.165, 1.54) is 32.1 Å². The van der Waals surface area contributed by atoms with Crippen LogP contribution in [-0.2, 0) is 0 Å². The Kier molecular flexibility index (Phi) is 3.29. The maximum absolute atomic E-state index is 7.68. The van der Waals surface area contributed by atoms with Gasteiger partial charge in [-0.05, 0) is 44.6 Å². The average Bonchev–Trinajstić information content (AvgIpc) is 2.66. The first-order valence-electron chi connectivity index (χ1n) is 6.33. The van der Waals surface area contributed by atoms with E-state index in [1.54, 1.807) is 0 Å². The SMILES string of the molecule is CCC(C(=N)N)N1CCCC2CCCC21. The molecule has 0 aromatic heterocycles. The topological polar surface area (TPSA) is 53.1 Å². The highest BCUT2D eigenvalue weighted by Crippen LogP contribution is 2.37. The molecule has 3 nitrogen and oxygen atoms in total. The number of likely N-dealkylation sites (tertiary alicyclic amines) is 1. The minimum Gasteiger partial charge on any atom is -0.386 e. The largest absolute Gasteiger partial charge is 0.386 e. The van der Waals surface area contributed by atoms with E-state index >= 15 is 0 Å². The maximum atomic E-state index is 7.68. The summed E-state index contributed by atoms with van der Waals surface area (Å²) >= 11 is 0. The number of hydrogen-bond donors (Lipinski definition) is 2. The molecule has 1 aliphatic carbocycles. The lowest BCUT2D eigenvalue weighted by atomic mass is 9.90. The second-order valence-electron chi connectivity index (χ2n) is 5.02. The fourth-order valence-electron chi connectivity index (χ4n) is 3.51. The highest BCUT2D eigenvalue weighted by atomic mass is 15.2. The Hall–Kier alpha value is -0.570. The minimum absolute atomic E-state index is 0.205. The lowest BCUT2D eigenvalue weighted by Gasteiger charge is -2.42. The standard InChI is InChI=1S/C12H23N3/c1-2-10(12(13)14)15-8-4-6-9-5-3-7-11(9)15/h9-11H,2-8H2,1H3,(H3,13,14). The number of hydrogen-bond acceptors (Lipinski definition) is 2. The number of amidine groups is 1. The molecule has 2 fully saturated rings. The molecular weight excluding hydrogens is 186 g/mol. The van der Waals surface area contributed by atoms with Crippen LogP contribution in [0, 0.1) is 11.3 Å². The van der Waals surface area contributed by atoms with Crippen molar-refractivity contribution in [1.82, 2.24) is 4.90 Å². The molecule has 3 N–H and O–H groups in total. The lowest BCUT2D eigenvalue weighted by molar-refractivity contribution is 0.0910. The van der Waals surface area contributed by atoms with Crippen molar-refractivity contribution < 1.29 is 0 Å². The molecule has 1 aliphatic heterocycles. The minimum atomic E-state index is 0.205. The lowest BCUT2D eigenvalue weighted by Crippen LogP contribution is -2.53. The number of nitrogens with zero attached hydrogens (tertiary/aromatic N) is 1. The average molecular weight is 209 g/mol. The van der Waals surface area contributed by atoms with Crippen LogP contribution in [0.4, 0.5) is 0 Å². The zero-order valence-electron chi connectivity index (χ0n) is 9.71. The molecule has 0 amide bonds. The molecule has 15 heavy (non-hydrogen) atoms. The molecule has 86 valence electrons. The zero-order valence-corrected chi connectivity index (χ0v) is 9.71. The monoisotopic (exact) mass is 209 g/mol. The molecule has 3 heteroatoms. The van der Waals surface area contributed by atoms with Crippen molar-refractivity contribution in [3.63, 3.8) is 0 Å². The van der Waals surface area contributed by atoms with Crippen LogP contribution < -0.4 is 5.73 Å². The molecule has 3 unspecified atom stereocenters. The molecule has 0 aromatic rings. The highest BCUT2D eigenvalue weighted by molar-refractivity contribution is 5.82. The van der Waals surface area contributed by atoms with Crippen molar-refractivity contribution in [3.05, 3.63) is 0 Å². The van der Waals surface area contributed by atoms with Crippen molar-refractivity contribution in [2.24, 2.45) is 11.7 Å². The quantitative estimate of drug-likeness (QED) is 0.551. The van der Waals surface area contributed by atoms with Gasteiger partial charge in [0.2, 0.25) is 0 Å². The molecule has 2 rings (SSSR count). The summed E-state index contributed by atoms with van der Waals surface area (Å²) in [4.78, 5) is 2.52. The Morgan fingerprint density at radius 3 is 2.80 bits per heavy atom. The van der Waals surface area contributed by atoms with Gasteiger partial charge in [0.1, 0.15) is 5.84 Å². The zero-order chi connectivity index (χ0) is 10.8. The molecule has 0 aromatic carbocycles. The normalized spacial score (nSPS) is 33.7. The van der Waals surface area contributed by atoms with Crippen LogP contribution in [0.2, 0.25) is 0 Å². The Balaban J connectivity index is 2.09. The molecule has 0 bridgehead atoms. The van der Waals surface area contributed by atoms with Gasteiger partial charge in [0.05, 0.1) is 6.04 Å². The maximum Gasteiger partial charge on any atom is 0.108 e. The van der Waals surface area contributed by atoms with E-state index in [9.17, 15) is 0 Å². The first-order valence-corrected chi connectivity index (χ1v) is 6.33. The number of fused-ring (bicyclic) bond motifs is 1. The van der Waals surface area contributed by atoms with Gasteiger partial charge in [-0.15, -0.1) is 0 Å². The second-order valence-corrected chi connectivity index (χ2v) is 5.02. The van der Waals surface area contributed by atoms with E-state index < -0.39 is 0 Å². The molecular formula is C12H23N3. The molecule has 1 saturated carbocycles. The van der Waals surface area contributed by atoms with Crippen molar-refractivity contribution in [2.75, 3.05) is 6.54 Å². The van der Waals surface area contributed by atoms with Crippen molar-refractivity contribution in [1.29, 1.82) is 5.41 Å². The van der Waals surface area contributed by atoms with E-state index in [2.05, 4.69) is 11.8 Å². The Bertz CT molecular complexity index is 239. The van der Waals surface area contributed by atoms with Crippen LogP contribution in [0.25, 0.3) is 0 Å². The fraction of sp³-hybridized carbons (Fsp3) is 0.917. The van der Waals surface area contributed by atoms with Gasteiger partial charge in [0.25, 0.3) is 0 Å². The summed E-state index contributed by atoms with van der Waals surface area (Å²) in [6.45, 7) is 3.30. The highest BCUT2D eigenvalue weighted by Gasteiger charge is 2.38. The fourth-order valence-corrected chi connectivity index (χ4v) is 3.51. The molecule has 0 radical (unpaired) electrons. The van der Waals surface area contributed by atoms with Gasteiger partial charge in [-0.2, -0.15) is 0 Å². The number of nitrogens with two attached hydrogens (primary N) is 1. The summed E-state index contributed by atoms with van der Waals surface area (Å²) in [5.74, 6) is 1.26. The summed E-state index contributed by atoms with van der Waals surface area (Å²) in [5.41, 5.74) is 5.70. The molecule has 0 spiro atoms. The number of nitrogens with one attached hydrogen (secondary N) is 1. The van der Waals surface area contributed by atoms with Crippen LogP contribution in [-0.4, -0.2) is 29.4 Å². The Morgan fingerprint density at radius 2 is 2.13 bits per heavy atom. The summed E-state index contributed by atoms with van der Waals surface area (Å²) in [6.07, 6.45) is 7.78. The Morgan fingerprint density at radius 1 is 1.40 bits per heavy atom. The molecule has 1 saturated heterocycles. The van der Waals surface area contributed by atoms with E-state index in [0.717, 1.165) is 24.9 Å². The van der Waals surface area contributed by atoms with E-state index in [-0.39, 0.29) is 6.04 Å². The Labute approximate surface area is 92.5 Å². The van der Waals surface area contributed by atoms with Crippen LogP contribution >= 0.6 is 0 Å². The summed E-state index contributed by atoms with van der Waals surface area (Å²) < 4.78 is 0. The summed E-state index contributed by atoms with van der Waals surface area (Å²) in [7, 11) is 0. The summed E-state index contributed by atoms with van der Waals surface area (Å²) in [5, 5.41) is 7.68. The van der Waals surface area contributed by atoms with Crippen LogP contribution in [0.1, 0.15) is 45.4 Å². The van der Waals surface area contributed by atoms with Gasteiger partial charge in [0.15, 0.2) is 0 Å². The van der Waals surface area contributed by atoms with E-state index in [1.807, 2.05) is 0 Å². The van der Waals surface area contributed by atoms with E-state index in [0.29, 0.717) is 5.84 Å². The molecule has 2 aliphatic rings. The van der Waals surface area contributed by atoms with Crippen molar-refractivity contribution >= 4 is 5.84 Å². The van der Waals surface area contributed by atoms with Crippen LogP contribution in [0.5, 0.6) is 0 Å². The van der Waals surface area contributed by atoms with Gasteiger partial charge in [-0.1, -0.05) is 13.3 Å². The second kappa shape index (κ2) is 4.52. The van der Waals surface area contributed by atoms with Crippen LogP contribution in [0.15, 0.2) is 0 Å². The molecule has 1 heterocycles. The van der Waals surface area contributed by atoms with Crippen LogP contribution in [0.3, 0.4) is 0 Å². The number of piperidine rings is 1. The predicted octanol–water partition coefficient (Wildman–Crippen LogP) is 1.97. The summed E-state index contributed by atoms with van der Waals surface area (Å²) in [6, 6.07) is 0.934. The van der Waals surface area contributed by atoms with Gasteiger partial charge in [-0.25, -0.2) is 0 Å². The predicted molar refractivity (Wildman–Crippen MR) is 63.1 cm³/mol. The van der Waals surface area contributed by atoms with Gasteiger partial charge in [-0.3, -0.25) is 10.3 Å². The van der Waals surface area contributed by atoms with Gasteiger partial charge >= 0.3 is 0 Å². The first kappa shape index (κ1) is 10.9. The third kappa shape index (κ3) is 2.03. The van der Waals surface area contributed by atoms with Crippen molar-refractivity contribution in [2.45, 2.75) is 57.5 Å². The first-order chi connectivity index (χ1) is 7.24. The molecule has 3 atom stereocenters. The third-order valence-corrected chi connectivity index (χ3v) is 4.18. The van der Waals surface area contributed by atoms with Crippen molar-refractivity contribution in [3.8, 4) is 0 Å². The van der Waals surface area contributed by atoms with Gasteiger partial charge in [0, 0.05) is 6.04 Å². The number of rotatable bonds is 3. The third-order valence-electron chi connectivity index (χ3n) is 4.18. The van der Waals surface area contributed by atoms with Gasteiger partial charge < -0.3 is 5.73 Å². The smallest absolute Gasteiger partial charge is 0.108 e.